The second-order valence-electron chi connectivity index (χ2n) is 2.47. The zero-order valence-electron chi connectivity index (χ0n) is 5.95. The van der Waals surface area contributed by atoms with E-state index in [1.165, 1.54) is 0 Å². The summed E-state index contributed by atoms with van der Waals surface area (Å²) >= 11 is 1.65. The molecular formula is C6H12N2OS. The minimum Gasteiger partial charge on any atom is -0.370 e. The molecular weight excluding hydrogens is 148 g/mol. The van der Waals surface area contributed by atoms with Gasteiger partial charge in [-0.25, -0.2) is 0 Å². The van der Waals surface area contributed by atoms with Gasteiger partial charge in [0, 0.05) is 12.7 Å². The maximum Gasteiger partial charge on any atom is 0.147 e. The molecule has 3 nitrogen and oxygen atoms in total. The second kappa shape index (κ2) is 2.82. The lowest BCUT2D eigenvalue weighted by atomic mass is 10.2. The first-order valence-electron chi connectivity index (χ1n) is 3.14. The zero-order chi connectivity index (χ0) is 7.61. The van der Waals surface area contributed by atoms with Gasteiger partial charge in [0.2, 0.25) is 0 Å². The smallest absolute Gasteiger partial charge is 0.147 e. The molecule has 58 valence electrons. The number of nitrogens with two attached hydrogens (primary N) is 1. The molecule has 0 aliphatic carbocycles. The fourth-order valence-electron chi connectivity index (χ4n) is 0.700. The van der Waals surface area contributed by atoms with Gasteiger partial charge in [0.25, 0.3) is 0 Å². The van der Waals surface area contributed by atoms with Crippen LogP contribution < -0.4 is 5.73 Å². The summed E-state index contributed by atoms with van der Waals surface area (Å²) in [7, 11) is 0. The highest BCUT2D eigenvalue weighted by Gasteiger charge is 2.25. The number of thioether (sulfide) groups is 1. The molecule has 1 rings (SSSR count). The summed E-state index contributed by atoms with van der Waals surface area (Å²) in [4.78, 5) is 1.82. The van der Waals surface area contributed by atoms with E-state index in [1.807, 2.05) is 16.5 Å². The molecule has 0 radical (unpaired) electrons. The number of rotatable bonds is 2. The summed E-state index contributed by atoms with van der Waals surface area (Å²) in [6, 6.07) is 0. The first kappa shape index (κ1) is 7.91. The lowest BCUT2D eigenvalue weighted by molar-refractivity contribution is -0.0464. The van der Waals surface area contributed by atoms with Gasteiger partial charge >= 0.3 is 0 Å². The number of hydrogen-bond acceptors (Lipinski definition) is 4. The predicted molar refractivity (Wildman–Crippen MR) is 43.1 cm³/mol. The Labute approximate surface area is 64.9 Å². The topological polar surface area (TPSA) is 49.5 Å². The van der Waals surface area contributed by atoms with Crippen molar-refractivity contribution in [2.24, 2.45) is 5.73 Å². The lowest BCUT2D eigenvalue weighted by Gasteiger charge is -2.31. The van der Waals surface area contributed by atoms with Crippen LogP contribution >= 0.6 is 11.8 Å². The van der Waals surface area contributed by atoms with Gasteiger partial charge in [-0.2, -0.15) is 0 Å². The van der Waals surface area contributed by atoms with E-state index in [-0.39, 0.29) is 6.54 Å². The van der Waals surface area contributed by atoms with Crippen molar-refractivity contribution in [1.29, 1.82) is 0 Å². The van der Waals surface area contributed by atoms with Gasteiger partial charge in [-0.05, 0) is 12.3 Å². The van der Waals surface area contributed by atoms with Crippen molar-refractivity contribution >= 4 is 11.8 Å². The van der Waals surface area contributed by atoms with Gasteiger partial charge in [0.15, 0.2) is 0 Å². The summed E-state index contributed by atoms with van der Waals surface area (Å²) in [6.45, 7) is 1.97. The minimum absolute atomic E-state index is 0.262. The van der Waals surface area contributed by atoms with E-state index in [4.69, 9.17) is 5.73 Å². The molecule has 0 aromatic rings. The lowest BCUT2D eigenvalue weighted by Crippen LogP contribution is -2.47. The van der Waals surface area contributed by atoms with Gasteiger partial charge < -0.3 is 15.7 Å². The van der Waals surface area contributed by atoms with E-state index in [1.54, 1.807) is 18.7 Å². The summed E-state index contributed by atoms with van der Waals surface area (Å²) < 4.78 is 0. The maximum absolute atomic E-state index is 9.56. The van der Waals surface area contributed by atoms with E-state index in [0.29, 0.717) is 0 Å². The van der Waals surface area contributed by atoms with Crippen LogP contribution in [-0.4, -0.2) is 28.2 Å². The highest BCUT2D eigenvalue weighted by atomic mass is 32.2. The number of aliphatic hydroxyl groups is 1. The van der Waals surface area contributed by atoms with Crippen molar-refractivity contribution in [2.75, 3.05) is 12.4 Å². The van der Waals surface area contributed by atoms with Crippen LogP contribution in [0.15, 0.2) is 11.6 Å². The fraction of sp³-hybridized carbons (Fsp3) is 0.667. The first-order chi connectivity index (χ1) is 4.67. The molecule has 0 aromatic carbocycles. The summed E-state index contributed by atoms with van der Waals surface area (Å²) in [6.07, 6.45) is 1.86. The quantitative estimate of drug-likeness (QED) is 0.603. The normalized spacial score (nSPS) is 23.3. The minimum atomic E-state index is -0.875. The van der Waals surface area contributed by atoms with Crippen LogP contribution in [0.4, 0.5) is 0 Å². The number of hydrogen-bond donors (Lipinski definition) is 2. The molecule has 1 unspecified atom stereocenters. The molecule has 1 aliphatic heterocycles. The highest BCUT2D eigenvalue weighted by Crippen LogP contribution is 2.21. The summed E-state index contributed by atoms with van der Waals surface area (Å²) in [5.41, 5.74) is 4.48. The summed E-state index contributed by atoms with van der Waals surface area (Å²) in [5.74, 6) is 0.796. The molecule has 0 fully saturated rings. The zero-order valence-corrected chi connectivity index (χ0v) is 6.77. The molecule has 0 saturated heterocycles. The third kappa shape index (κ3) is 1.45. The second-order valence-corrected chi connectivity index (χ2v) is 3.34. The van der Waals surface area contributed by atoms with Gasteiger partial charge in [0.05, 0.1) is 5.88 Å². The molecule has 1 heterocycles. The van der Waals surface area contributed by atoms with Crippen LogP contribution in [-0.2, 0) is 0 Å². The Balaban J connectivity index is 2.54. The average molecular weight is 160 g/mol. The third-order valence-electron chi connectivity index (χ3n) is 1.56. The molecule has 0 bridgehead atoms. The Morgan fingerprint density at radius 1 is 1.90 bits per heavy atom. The van der Waals surface area contributed by atoms with Crippen molar-refractivity contribution in [1.82, 2.24) is 4.90 Å². The van der Waals surface area contributed by atoms with Crippen molar-refractivity contribution in [3.05, 3.63) is 11.6 Å². The van der Waals surface area contributed by atoms with Gasteiger partial charge in [-0.15, -0.1) is 11.8 Å². The van der Waals surface area contributed by atoms with Gasteiger partial charge in [-0.3, -0.25) is 0 Å². The van der Waals surface area contributed by atoms with Crippen LogP contribution in [0.2, 0.25) is 0 Å². The standard InChI is InChI=1S/C6H12N2OS/c1-6(9,4-7)8-2-3-10-5-8/h2-3,9H,4-5,7H2,1H3. The predicted octanol–water partition coefficient (Wildman–Crippen LogP) is 0.131. The molecule has 10 heavy (non-hydrogen) atoms. The SMILES string of the molecule is CC(O)(CN)N1C=CSC1. The van der Waals surface area contributed by atoms with E-state index in [0.717, 1.165) is 5.88 Å². The van der Waals surface area contributed by atoms with Crippen LogP contribution in [0.1, 0.15) is 6.92 Å². The van der Waals surface area contributed by atoms with Crippen LogP contribution in [0, 0.1) is 0 Å². The maximum atomic E-state index is 9.56. The Morgan fingerprint density at radius 3 is 3.00 bits per heavy atom. The third-order valence-corrected chi connectivity index (χ3v) is 2.30. The molecule has 1 aliphatic rings. The van der Waals surface area contributed by atoms with E-state index >= 15 is 0 Å². The molecule has 1 atom stereocenters. The number of nitrogens with zero attached hydrogens (tertiary/aromatic N) is 1. The van der Waals surface area contributed by atoms with Crippen molar-refractivity contribution < 1.29 is 5.11 Å². The average Bonchev–Trinajstić information content (AvgIpc) is 2.38. The van der Waals surface area contributed by atoms with E-state index in [2.05, 4.69) is 0 Å². The van der Waals surface area contributed by atoms with Gasteiger partial charge in [0.1, 0.15) is 5.72 Å². The molecule has 0 aromatic heterocycles. The molecule has 3 N–H and O–H groups in total. The molecule has 4 heteroatoms. The van der Waals surface area contributed by atoms with Gasteiger partial charge in [-0.1, -0.05) is 0 Å². The summed E-state index contributed by atoms with van der Waals surface area (Å²) in [5, 5.41) is 11.5. The van der Waals surface area contributed by atoms with Crippen LogP contribution in [0.3, 0.4) is 0 Å². The van der Waals surface area contributed by atoms with Crippen molar-refractivity contribution in [3.8, 4) is 0 Å². The largest absolute Gasteiger partial charge is 0.370 e. The monoisotopic (exact) mass is 160 g/mol. The molecule has 0 saturated carbocycles. The molecule has 0 spiro atoms. The Kier molecular flexibility index (Phi) is 2.23. The van der Waals surface area contributed by atoms with Crippen molar-refractivity contribution in [3.63, 3.8) is 0 Å². The van der Waals surface area contributed by atoms with E-state index < -0.39 is 5.72 Å². The fourth-order valence-corrected chi connectivity index (χ4v) is 1.54. The van der Waals surface area contributed by atoms with Crippen LogP contribution in [0.5, 0.6) is 0 Å². The van der Waals surface area contributed by atoms with E-state index in [9.17, 15) is 5.11 Å². The first-order valence-corrected chi connectivity index (χ1v) is 4.19. The molecule has 0 amide bonds. The van der Waals surface area contributed by atoms with Crippen molar-refractivity contribution in [2.45, 2.75) is 12.6 Å². The highest BCUT2D eigenvalue weighted by molar-refractivity contribution is 8.02. The van der Waals surface area contributed by atoms with Crippen LogP contribution in [0.25, 0.3) is 0 Å². The Hall–Kier alpha value is -0.190. The Morgan fingerprint density at radius 2 is 2.60 bits per heavy atom. The Bertz CT molecular complexity index is 147.